The van der Waals surface area contributed by atoms with Gasteiger partial charge in [-0.15, -0.1) is 0 Å². The van der Waals surface area contributed by atoms with Crippen LogP contribution in [0.25, 0.3) is 5.82 Å². The molecule has 1 fully saturated rings. The molecule has 0 aromatic carbocycles. The minimum Gasteiger partial charge on any atom is -0.383 e. The van der Waals surface area contributed by atoms with E-state index in [0.717, 1.165) is 26.1 Å². The molecule has 1 amide bonds. The SMILES string of the molecule is CCN1CCC(CNC(=O)c2cnn(-c3ccccn3)c2N)C1. The van der Waals surface area contributed by atoms with Gasteiger partial charge in [0, 0.05) is 19.3 Å². The Labute approximate surface area is 135 Å². The topological polar surface area (TPSA) is 89.1 Å². The van der Waals surface area contributed by atoms with E-state index in [1.807, 2.05) is 12.1 Å². The number of anilines is 1. The lowest BCUT2D eigenvalue weighted by Crippen LogP contribution is -2.31. The van der Waals surface area contributed by atoms with Gasteiger partial charge in [0.25, 0.3) is 5.91 Å². The third-order valence-electron chi connectivity index (χ3n) is 4.29. The molecule has 0 bridgehead atoms. The molecule has 7 heteroatoms. The van der Waals surface area contributed by atoms with Crippen LogP contribution < -0.4 is 11.1 Å². The van der Waals surface area contributed by atoms with Crippen molar-refractivity contribution in [1.82, 2.24) is 25.0 Å². The number of carbonyl (C=O) groups is 1. The summed E-state index contributed by atoms with van der Waals surface area (Å²) in [4.78, 5) is 18.9. The Morgan fingerprint density at radius 1 is 1.48 bits per heavy atom. The van der Waals surface area contributed by atoms with Gasteiger partial charge in [0.2, 0.25) is 0 Å². The molecule has 3 rings (SSSR count). The van der Waals surface area contributed by atoms with Gasteiger partial charge in [-0.25, -0.2) is 4.98 Å². The summed E-state index contributed by atoms with van der Waals surface area (Å²) in [5.41, 5.74) is 6.44. The summed E-state index contributed by atoms with van der Waals surface area (Å²) in [6, 6.07) is 5.46. The molecule has 122 valence electrons. The number of nitrogens with one attached hydrogen (secondary N) is 1. The highest BCUT2D eigenvalue weighted by molar-refractivity contribution is 5.98. The molecule has 1 atom stereocenters. The van der Waals surface area contributed by atoms with E-state index in [1.165, 1.54) is 10.9 Å². The van der Waals surface area contributed by atoms with Crippen molar-refractivity contribution >= 4 is 11.7 Å². The number of nitrogens with two attached hydrogens (primary N) is 1. The van der Waals surface area contributed by atoms with Crippen LogP contribution in [0.4, 0.5) is 5.82 Å². The summed E-state index contributed by atoms with van der Waals surface area (Å²) in [5.74, 6) is 1.23. The normalized spacial score (nSPS) is 18.2. The van der Waals surface area contributed by atoms with E-state index in [0.29, 0.717) is 29.7 Å². The number of rotatable bonds is 5. The molecule has 2 aromatic heterocycles. The number of hydrogen-bond donors (Lipinski definition) is 2. The van der Waals surface area contributed by atoms with Gasteiger partial charge < -0.3 is 16.0 Å². The summed E-state index contributed by atoms with van der Waals surface area (Å²) in [7, 11) is 0. The first kappa shape index (κ1) is 15.5. The molecule has 23 heavy (non-hydrogen) atoms. The zero-order chi connectivity index (χ0) is 16.2. The monoisotopic (exact) mass is 314 g/mol. The standard InChI is InChI=1S/C16H22N6O/c1-2-21-8-6-12(11-21)9-19-16(23)13-10-20-22(15(13)17)14-5-3-4-7-18-14/h3-5,7,10,12H,2,6,8-9,11,17H2,1H3,(H,19,23). The van der Waals surface area contributed by atoms with Crippen LogP contribution >= 0.6 is 0 Å². The van der Waals surface area contributed by atoms with E-state index in [4.69, 9.17) is 5.73 Å². The van der Waals surface area contributed by atoms with Gasteiger partial charge in [-0.05, 0) is 37.6 Å². The first-order chi connectivity index (χ1) is 11.2. The molecule has 1 aliphatic heterocycles. The van der Waals surface area contributed by atoms with Crippen molar-refractivity contribution in [3.05, 3.63) is 36.2 Å². The van der Waals surface area contributed by atoms with E-state index >= 15 is 0 Å². The average molecular weight is 314 g/mol. The predicted molar refractivity (Wildman–Crippen MR) is 88.3 cm³/mol. The molecule has 0 spiro atoms. The molecule has 0 radical (unpaired) electrons. The first-order valence-corrected chi connectivity index (χ1v) is 7.94. The number of nitrogens with zero attached hydrogens (tertiary/aromatic N) is 4. The van der Waals surface area contributed by atoms with Gasteiger partial charge in [0.15, 0.2) is 5.82 Å². The molecule has 1 saturated heterocycles. The number of hydrogen-bond acceptors (Lipinski definition) is 5. The van der Waals surface area contributed by atoms with Crippen LogP contribution in [0, 0.1) is 5.92 Å². The maximum absolute atomic E-state index is 12.3. The Hall–Kier alpha value is -2.41. The molecule has 3 heterocycles. The quantitative estimate of drug-likeness (QED) is 0.857. The number of pyridine rings is 1. The lowest BCUT2D eigenvalue weighted by Gasteiger charge is -2.13. The van der Waals surface area contributed by atoms with Crippen molar-refractivity contribution in [3.63, 3.8) is 0 Å². The number of likely N-dealkylation sites (tertiary alicyclic amines) is 1. The van der Waals surface area contributed by atoms with Gasteiger partial charge in [-0.2, -0.15) is 9.78 Å². The number of carbonyl (C=O) groups excluding carboxylic acids is 1. The van der Waals surface area contributed by atoms with Crippen molar-refractivity contribution < 1.29 is 4.79 Å². The number of nitrogen functional groups attached to an aromatic ring is 1. The zero-order valence-electron chi connectivity index (χ0n) is 13.3. The summed E-state index contributed by atoms with van der Waals surface area (Å²) in [6.07, 6.45) is 4.28. The molecule has 1 unspecified atom stereocenters. The molecule has 0 saturated carbocycles. The zero-order valence-corrected chi connectivity index (χ0v) is 13.3. The molecule has 7 nitrogen and oxygen atoms in total. The smallest absolute Gasteiger partial charge is 0.256 e. The molecule has 1 aliphatic rings. The Kier molecular flexibility index (Phi) is 4.57. The van der Waals surface area contributed by atoms with E-state index < -0.39 is 0 Å². The fourth-order valence-corrected chi connectivity index (χ4v) is 2.89. The van der Waals surface area contributed by atoms with Crippen LogP contribution in [0.2, 0.25) is 0 Å². The molecular weight excluding hydrogens is 292 g/mol. The van der Waals surface area contributed by atoms with Crippen LogP contribution in [0.15, 0.2) is 30.6 Å². The van der Waals surface area contributed by atoms with E-state index in [-0.39, 0.29) is 5.91 Å². The van der Waals surface area contributed by atoms with E-state index in [9.17, 15) is 4.79 Å². The average Bonchev–Trinajstić information content (AvgIpc) is 3.20. The van der Waals surface area contributed by atoms with E-state index in [1.54, 1.807) is 12.3 Å². The van der Waals surface area contributed by atoms with Crippen LogP contribution in [0.5, 0.6) is 0 Å². The number of amides is 1. The lowest BCUT2D eigenvalue weighted by atomic mass is 10.1. The van der Waals surface area contributed by atoms with Gasteiger partial charge in [-0.1, -0.05) is 13.0 Å². The van der Waals surface area contributed by atoms with E-state index in [2.05, 4.69) is 27.2 Å². The fourth-order valence-electron chi connectivity index (χ4n) is 2.89. The van der Waals surface area contributed by atoms with Crippen LogP contribution in [0.1, 0.15) is 23.7 Å². The maximum atomic E-state index is 12.3. The predicted octanol–water partition coefficient (Wildman–Crippen LogP) is 0.921. The van der Waals surface area contributed by atoms with Crippen molar-refractivity contribution in [2.45, 2.75) is 13.3 Å². The van der Waals surface area contributed by atoms with Gasteiger partial charge >= 0.3 is 0 Å². The second-order valence-corrected chi connectivity index (χ2v) is 5.80. The molecule has 0 aliphatic carbocycles. The van der Waals surface area contributed by atoms with Crippen molar-refractivity contribution in [2.75, 3.05) is 31.9 Å². The first-order valence-electron chi connectivity index (χ1n) is 7.94. The second-order valence-electron chi connectivity index (χ2n) is 5.80. The minimum atomic E-state index is -0.181. The minimum absolute atomic E-state index is 0.181. The van der Waals surface area contributed by atoms with Gasteiger partial charge in [0.05, 0.1) is 6.20 Å². The molecule has 2 aromatic rings. The van der Waals surface area contributed by atoms with Crippen LogP contribution in [-0.2, 0) is 0 Å². The van der Waals surface area contributed by atoms with Crippen molar-refractivity contribution in [1.29, 1.82) is 0 Å². The highest BCUT2D eigenvalue weighted by Crippen LogP contribution is 2.17. The Morgan fingerprint density at radius 3 is 3.04 bits per heavy atom. The largest absolute Gasteiger partial charge is 0.383 e. The lowest BCUT2D eigenvalue weighted by molar-refractivity contribution is 0.0948. The summed E-state index contributed by atoms with van der Waals surface area (Å²) < 4.78 is 1.48. The van der Waals surface area contributed by atoms with Gasteiger partial charge in [-0.3, -0.25) is 4.79 Å². The van der Waals surface area contributed by atoms with Gasteiger partial charge in [0.1, 0.15) is 11.4 Å². The van der Waals surface area contributed by atoms with Crippen molar-refractivity contribution in [2.24, 2.45) is 5.92 Å². The maximum Gasteiger partial charge on any atom is 0.256 e. The summed E-state index contributed by atoms with van der Waals surface area (Å²) in [5, 5.41) is 7.14. The summed E-state index contributed by atoms with van der Waals surface area (Å²) >= 11 is 0. The third kappa shape index (κ3) is 3.34. The Bertz CT molecular complexity index is 668. The van der Waals surface area contributed by atoms with Crippen LogP contribution in [0.3, 0.4) is 0 Å². The Morgan fingerprint density at radius 2 is 2.35 bits per heavy atom. The number of aromatic nitrogens is 3. The highest BCUT2D eigenvalue weighted by atomic mass is 16.1. The third-order valence-corrected chi connectivity index (χ3v) is 4.29. The summed E-state index contributed by atoms with van der Waals surface area (Å²) in [6.45, 7) is 6.04. The Balaban J connectivity index is 1.63. The van der Waals surface area contributed by atoms with Crippen molar-refractivity contribution in [3.8, 4) is 5.82 Å². The van der Waals surface area contributed by atoms with Crippen LogP contribution in [-0.4, -0.2) is 51.8 Å². The second kappa shape index (κ2) is 6.78. The highest BCUT2D eigenvalue weighted by Gasteiger charge is 2.23. The fraction of sp³-hybridized carbons (Fsp3) is 0.438. The molecule has 3 N–H and O–H groups in total. The molecular formula is C16H22N6O.